The highest BCUT2D eigenvalue weighted by Gasteiger charge is 2.18. The van der Waals surface area contributed by atoms with Crippen molar-refractivity contribution in [1.82, 2.24) is 10.6 Å². The van der Waals surface area contributed by atoms with Crippen LogP contribution in [0.15, 0.2) is 47.5 Å². The molecule has 182 valence electrons. The van der Waals surface area contributed by atoms with Crippen molar-refractivity contribution >= 4 is 35.6 Å². The van der Waals surface area contributed by atoms with E-state index in [1.807, 2.05) is 6.92 Å². The van der Waals surface area contributed by atoms with Gasteiger partial charge in [0.1, 0.15) is 12.4 Å². The topological polar surface area (TPSA) is 69.1 Å². The van der Waals surface area contributed by atoms with Crippen LogP contribution in [0.2, 0.25) is 0 Å². The Morgan fingerprint density at radius 1 is 1.12 bits per heavy atom. The van der Waals surface area contributed by atoms with Crippen molar-refractivity contribution in [2.75, 3.05) is 44.3 Å². The molecule has 1 fully saturated rings. The normalized spacial score (nSPS) is 14.5. The van der Waals surface area contributed by atoms with E-state index in [0.717, 1.165) is 37.6 Å². The van der Waals surface area contributed by atoms with Gasteiger partial charge in [-0.3, -0.25) is 0 Å². The first kappa shape index (κ1) is 27.1. The number of guanidine groups is 1. The van der Waals surface area contributed by atoms with Gasteiger partial charge in [0.05, 0.1) is 13.1 Å². The second-order valence-corrected chi connectivity index (χ2v) is 7.82. The van der Waals surface area contributed by atoms with Crippen LogP contribution in [0.4, 0.5) is 14.5 Å². The van der Waals surface area contributed by atoms with E-state index in [0.29, 0.717) is 31.5 Å². The van der Waals surface area contributed by atoms with E-state index in [1.165, 1.54) is 17.8 Å². The minimum atomic E-state index is -0.716. The lowest BCUT2D eigenvalue weighted by molar-refractivity contribution is 0.203. The first-order valence-electron chi connectivity index (χ1n) is 11.1. The summed E-state index contributed by atoms with van der Waals surface area (Å²) in [4.78, 5) is 6.95. The average molecular weight is 574 g/mol. The van der Waals surface area contributed by atoms with Crippen molar-refractivity contribution in [3.8, 4) is 5.75 Å². The van der Waals surface area contributed by atoms with Crippen LogP contribution in [-0.2, 0) is 6.54 Å². The lowest BCUT2D eigenvalue weighted by Gasteiger charge is -2.32. The van der Waals surface area contributed by atoms with Gasteiger partial charge in [-0.05, 0) is 55.5 Å². The number of hydrogen-bond acceptors (Lipinski definition) is 4. The Balaban J connectivity index is 0.00000385. The lowest BCUT2D eigenvalue weighted by Crippen LogP contribution is -2.39. The average Bonchev–Trinajstić information content (AvgIpc) is 2.81. The molecule has 0 aliphatic carbocycles. The fourth-order valence-electron chi connectivity index (χ4n) is 3.62. The van der Waals surface area contributed by atoms with E-state index in [4.69, 9.17) is 4.74 Å². The number of nitrogens with zero attached hydrogens (tertiary/aromatic N) is 2. The Morgan fingerprint density at radius 3 is 2.48 bits per heavy atom. The first-order chi connectivity index (χ1) is 15.6. The summed E-state index contributed by atoms with van der Waals surface area (Å²) in [6, 6.07) is 11.7. The monoisotopic (exact) mass is 574 g/mol. The highest BCUT2D eigenvalue weighted by Crippen LogP contribution is 2.23. The van der Waals surface area contributed by atoms with Crippen molar-refractivity contribution in [1.29, 1.82) is 0 Å². The second kappa shape index (κ2) is 14.2. The summed E-state index contributed by atoms with van der Waals surface area (Å²) in [7, 11) is 0. The molecule has 0 saturated carbocycles. The predicted molar refractivity (Wildman–Crippen MR) is 139 cm³/mol. The third-order valence-corrected chi connectivity index (χ3v) is 5.48. The van der Waals surface area contributed by atoms with Crippen LogP contribution in [0, 0.1) is 17.6 Å². The largest absolute Gasteiger partial charge is 0.489 e. The summed E-state index contributed by atoms with van der Waals surface area (Å²) >= 11 is 0. The number of piperidine rings is 1. The number of hydrogen-bond donors (Lipinski definition) is 3. The molecule has 2 aromatic carbocycles. The van der Waals surface area contributed by atoms with Crippen molar-refractivity contribution in [2.24, 2.45) is 10.9 Å². The SMILES string of the molecule is CCNC(=NCc1ccc(N2CCC(CO)CC2)cc1)NCCOc1ccc(F)cc1F.I. The van der Waals surface area contributed by atoms with E-state index < -0.39 is 11.6 Å². The molecule has 3 N–H and O–H groups in total. The molecule has 0 radical (unpaired) electrons. The second-order valence-electron chi connectivity index (χ2n) is 7.82. The Hall–Kier alpha value is -2.14. The van der Waals surface area contributed by atoms with Gasteiger partial charge in [-0.2, -0.15) is 0 Å². The maximum absolute atomic E-state index is 13.6. The van der Waals surface area contributed by atoms with Crippen LogP contribution in [0.25, 0.3) is 0 Å². The van der Waals surface area contributed by atoms with Crippen molar-refractivity contribution in [2.45, 2.75) is 26.3 Å². The quantitative estimate of drug-likeness (QED) is 0.183. The van der Waals surface area contributed by atoms with Crippen molar-refractivity contribution in [3.05, 3.63) is 59.7 Å². The molecule has 33 heavy (non-hydrogen) atoms. The van der Waals surface area contributed by atoms with Crippen molar-refractivity contribution < 1.29 is 18.6 Å². The Kier molecular flexibility index (Phi) is 11.7. The molecule has 9 heteroatoms. The summed E-state index contributed by atoms with van der Waals surface area (Å²) in [6.45, 7) is 6.08. The molecule has 1 aliphatic heterocycles. The lowest BCUT2D eigenvalue weighted by atomic mass is 9.97. The number of aliphatic imine (C=N–C) groups is 1. The summed E-state index contributed by atoms with van der Waals surface area (Å²) < 4.78 is 31.9. The fourth-order valence-corrected chi connectivity index (χ4v) is 3.62. The van der Waals surface area contributed by atoms with Gasteiger partial charge in [0, 0.05) is 38.0 Å². The molecule has 0 bridgehead atoms. The van der Waals surface area contributed by atoms with Gasteiger partial charge in [-0.25, -0.2) is 13.8 Å². The maximum atomic E-state index is 13.6. The molecule has 6 nitrogen and oxygen atoms in total. The number of rotatable bonds is 9. The zero-order chi connectivity index (χ0) is 22.8. The van der Waals surface area contributed by atoms with E-state index >= 15 is 0 Å². The number of nitrogens with one attached hydrogen (secondary N) is 2. The number of aliphatic hydroxyl groups excluding tert-OH is 1. The third-order valence-electron chi connectivity index (χ3n) is 5.48. The highest BCUT2D eigenvalue weighted by molar-refractivity contribution is 14.0. The molecular weight excluding hydrogens is 541 g/mol. The van der Waals surface area contributed by atoms with E-state index in [2.05, 4.69) is 44.8 Å². The molecule has 2 aromatic rings. The summed E-state index contributed by atoms with van der Waals surface area (Å²) in [6.07, 6.45) is 2.05. The third kappa shape index (κ3) is 8.62. The Morgan fingerprint density at radius 2 is 1.85 bits per heavy atom. The highest BCUT2D eigenvalue weighted by atomic mass is 127. The van der Waals surface area contributed by atoms with Crippen LogP contribution < -0.4 is 20.3 Å². The fraction of sp³-hybridized carbons (Fsp3) is 0.458. The molecule has 0 amide bonds. The smallest absolute Gasteiger partial charge is 0.191 e. The van der Waals surface area contributed by atoms with E-state index in [1.54, 1.807) is 0 Å². The minimum Gasteiger partial charge on any atom is -0.489 e. The van der Waals surface area contributed by atoms with Gasteiger partial charge in [0.2, 0.25) is 0 Å². The molecule has 0 aromatic heterocycles. The standard InChI is InChI=1S/C24H32F2N4O2.HI/c1-2-27-24(28-11-14-32-23-8-5-20(25)15-22(23)26)29-16-18-3-6-21(7-4-18)30-12-9-19(17-31)10-13-30;/h3-8,15,19,31H,2,9-14,16-17H2,1H3,(H2,27,28,29);1H. The molecular formula is C24H33F2IN4O2. The van der Waals surface area contributed by atoms with Crippen LogP contribution in [-0.4, -0.2) is 50.5 Å². The summed E-state index contributed by atoms with van der Waals surface area (Å²) in [5.74, 6) is -0.251. The van der Waals surface area contributed by atoms with Crippen molar-refractivity contribution in [3.63, 3.8) is 0 Å². The van der Waals surface area contributed by atoms with Gasteiger partial charge in [0.15, 0.2) is 17.5 Å². The maximum Gasteiger partial charge on any atom is 0.191 e. The van der Waals surface area contributed by atoms with Crippen LogP contribution >= 0.6 is 24.0 Å². The van der Waals surface area contributed by atoms with Crippen LogP contribution in [0.1, 0.15) is 25.3 Å². The van der Waals surface area contributed by atoms with Crippen LogP contribution in [0.5, 0.6) is 5.75 Å². The molecule has 3 rings (SSSR count). The minimum absolute atomic E-state index is 0. The number of aliphatic hydroxyl groups is 1. The molecule has 0 atom stereocenters. The van der Waals surface area contributed by atoms with E-state index in [9.17, 15) is 13.9 Å². The van der Waals surface area contributed by atoms with Gasteiger partial charge in [0.25, 0.3) is 0 Å². The van der Waals surface area contributed by atoms with Gasteiger partial charge in [-0.1, -0.05) is 12.1 Å². The summed E-state index contributed by atoms with van der Waals surface area (Å²) in [5.41, 5.74) is 2.30. The van der Waals surface area contributed by atoms with E-state index in [-0.39, 0.29) is 42.9 Å². The zero-order valence-corrected chi connectivity index (χ0v) is 21.2. The summed E-state index contributed by atoms with van der Waals surface area (Å²) in [5, 5.41) is 15.6. The zero-order valence-electron chi connectivity index (χ0n) is 18.9. The molecule has 1 aliphatic rings. The van der Waals surface area contributed by atoms with Gasteiger partial charge < -0.3 is 25.4 Å². The number of benzene rings is 2. The first-order valence-corrected chi connectivity index (χ1v) is 11.1. The number of halogens is 3. The molecule has 1 saturated heterocycles. The van der Waals surface area contributed by atoms with Gasteiger partial charge >= 0.3 is 0 Å². The predicted octanol–water partition coefficient (Wildman–Crippen LogP) is 3.93. The Labute approximate surface area is 211 Å². The number of anilines is 1. The van der Waals surface area contributed by atoms with Crippen LogP contribution in [0.3, 0.4) is 0 Å². The van der Waals surface area contributed by atoms with Gasteiger partial charge in [-0.15, -0.1) is 24.0 Å². The number of ether oxygens (including phenoxy) is 1. The molecule has 1 heterocycles. The Bertz CT molecular complexity index is 875. The molecule has 0 spiro atoms. The molecule has 0 unspecified atom stereocenters.